The molecule has 1 aliphatic carbocycles. The Bertz CT molecular complexity index is 1140. The van der Waals surface area contributed by atoms with Crippen molar-refractivity contribution in [2.75, 3.05) is 38.4 Å². The topological polar surface area (TPSA) is 148 Å². The van der Waals surface area contributed by atoms with Crippen molar-refractivity contribution in [2.24, 2.45) is 0 Å². The zero-order valence-electron chi connectivity index (χ0n) is 19.2. The van der Waals surface area contributed by atoms with Gasteiger partial charge in [-0.3, -0.25) is 4.79 Å². The van der Waals surface area contributed by atoms with E-state index in [2.05, 4.69) is 10.6 Å². The first-order valence-electron chi connectivity index (χ1n) is 11.0. The molecular weight excluding hydrogens is 476 g/mol. The van der Waals surface area contributed by atoms with Gasteiger partial charge in [-0.25, -0.2) is 18.0 Å². The lowest BCUT2D eigenvalue weighted by Gasteiger charge is -2.19. The molecule has 11 heteroatoms. The molecule has 1 aliphatic rings. The quantitative estimate of drug-likeness (QED) is 0.369. The van der Waals surface area contributed by atoms with E-state index in [1.807, 2.05) is 48.5 Å². The number of carbonyl (C=O) groups excluding carboxylic acids is 2. The summed E-state index contributed by atoms with van der Waals surface area (Å²) in [6.07, 6.45) is 0.0440. The van der Waals surface area contributed by atoms with E-state index < -0.39 is 40.5 Å². The van der Waals surface area contributed by atoms with Gasteiger partial charge in [0.15, 0.2) is 0 Å². The Morgan fingerprint density at radius 3 is 2.20 bits per heavy atom. The molecule has 0 saturated carbocycles. The number of sulfone groups is 1. The minimum absolute atomic E-state index is 0.00609. The summed E-state index contributed by atoms with van der Waals surface area (Å²) in [5, 5.41) is 13.5. The summed E-state index contributed by atoms with van der Waals surface area (Å²) in [7, 11) is -3.38. The summed E-state index contributed by atoms with van der Waals surface area (Å²) in [5.41, 5.74) is 4.23. The molecule has 0 spiro atoms. The van der Waals surface area contributed by atoms with Crippen LogP contribution in [0.2, 0.25) is 0 Å². The van der Waals surface area contributed by atoms with Gasteiger partial charge in [0, 0.05) is 18.7 Å². The van der Waals surface area contributed by atoms with E-state index in [0.717, 1.165) is 28.5 Å². The van der Waals surface area contributed by atoms with Gasteiger partial charge in [-0.1, -0.05) is 48.5 Å². The van der Waals surface area contributed by atoms with Crippen molar-refractivity contribution in [3.05, 3.63) is 59.7 Å². The molecule has 2 amide bonds. The van der Waals surface area contributed by atoms with Crippen LogP contribution in [-0.4, -0.2) is 75.9 Å². The molecule has 0 bridgehead atoms. The molecule has 1 atom stereocenters. The predicted molar refractivity (Wildman–Crippen MR) is 128 cm³/mol. The number of aliphatic carboxylic acids is 1. The van der Waals surface area contributed by atoms with Crippen molar-refractivity contribution >= 4 is 27.8 Å². The zero-order valence-corrected chi connectivity index (χ0v) is 20.0. The van der Waals surface area contributed by atoms with Crippen LogP contribution in [0.3, 0.4) is 0 Å². The first-order chi connectivity index (χ1) is 16.7. The van der Waals surface area contributed by atoms with Crippen molar-refractivity contribution in [2.45, 2.75) is 18.4 Å². The minimum atomic E-state index is -3.38. The van der Waals surface area contributed by atoms with Gasteiger partial charge in [0.05, 0.1) is 12.4 Å². The van der Waals surface area contributed by atoms with Crippen LogP contribution in [0.1, 0.15) is 23.5 Å². The van der Waals surface area contributed by atoms with Gasteiger partial charge in [0.2, 0.25) is 5.91 Å². The summed E-state index contributed by atoms with van der Waals surface area (Å²) >= 11 is 0. The summed E-state index contributed by atoms with van der Waals surface area (Å²) < 4.78 is 33.5. The second kappa shape index (κ2) is 11.8. The summed E-state index contributed by atoms with van der Waals surface area (Å²) in [6, 6.07) is 14.6. The summed E-state index contributed by atoms with van der Waals surface area (Å²) in [5.74, 6) is -2.24. The third-order valence-corrected chi connectivity index (χ3v) is 6.48. The van der Waals surface area contributed by atoms with Gasteiger partial charge in [0.25, 0.3) is 0 Å². The number of rotatable bonds is 12. The maximum absolute atomic E-state index is 12.6. The van der Waals surface area contributed by atoms with Crippen LogP contribution in [0, 0.1) is 0 Å². The molecule has 2 aromatic carbocycles. The Labute approximate surface area is 203 Å². The lowest BCUT2D eigenvalue weighted by atomic mass is 9.98. The van der Waals surface area contributed by atoms with E-state index in [1.165, 1.54) is 0 Å². The van der Waals surface area contributed by atoms with Crippen LogP contribution >= 0.6 is 0 Å². The van der Waals surface area contributed by atoms with Crippen molar-refractivity contribution < 1.29 is 37.4 Å². The fourth-order valence-electron chi connectivity index (χ4n) is 3.91. The number of hydrogen-bond donors (Lipinski definition) is 3. The Kier molecular flexibility index (Phi) is 8.83. The van der Waals surface area contributed by atoms with Gasteiger partial charge in [0.1, 0.15) is 29.1 Å². The normalized spacial score (nSPS) is 13.4. The molecule has 0 saturated heterocycles. The molecule has 0 radical (unpaired) electrons. The van der Waals surface area contributed by atoms with E-state index in [9.17, 15) is 22.8 Å². The van der Waals surface area contributed by atoms with Gasteiger partial charge in [-0.05, 0) is 28.7 Å². The number of carboxylic acids is 1. The monoisotopic (exact) mass is 504 g/mol. The van der Waals surface area contributed by atoms with Gasteiger partial charge in [-0.2, -0.15) is 0 Å². The smallest absolute Gasteiger partial charge is 0.407 e. The van der Waals surface area contributed by atoms with Crippen LogP contribution < -0.4 is 10.6 Å². The molecule has 0 aromatic heterocycles. The average molecular weight is 505 g/mol. The Morgan fingerprint density at radius 1 is 1.03 bits per heavy atom. The molecule has 0 fully saturated rings. The van der Waals surface area contributed by atoms with Gasteiger partial charge >= 0.3 is 12.1 Å². The number of nitrogens with one attached hydrogen (secondary N) is 2. The molecule has 0 heterocycles. The molecule has 1 unspecified atom stereocenters. The summed E-state index contributed by atoms with van der Waals surface area (Å²) in [6.45, 7) is -0.523. The average Bonchev–Trinajstić information content (AvgIpc) is 3.13. The van der Waals surface area contributed by atoms with E-state index in [-0.39, 0.29) is 37.9 Å². The number of carbonyl (C=O) groups is 3. The highest BCUT2D eigenvalue weighted by molar-refractivity contribution is 7.90. The van der Waals surface area contributed by atoms with Gasteiger partial charge in [-0.15, -0.1) is 0 Å². The number of carboxylic acid groups (broad SMARTS) is 1. The van der Waals surface area contributed by atoms with Crippen LogP contribution in [0.15, 0.2) is 48.5 Å². The third kappa shape index (κ3) is 7.52. The highest BCUT2D eigenvalue weighted by atomic mass is 32.2. The molecule has 3 N–H and O–H groups in total. The SMILES string of the molecule is CS(=O)(=O)CCC(NC(=O)OCC1c2ccccc2-c2ccccc21)C(=O)NCCOCC(=O)O. The maximum atomic E-state index is 12.6. The van der Waals surface area contributed by atoms with Crippen molar-refractivity contribution in [1.29, 1.82) is 0 Å². The van der Waals surface area contributed by atoms with E-state index in [1.54, 1.807) is 0 Å². The molecule has 10 nitrogen and oxygen atoms in total. The first-order valence-corrected chi connectivity index (χ1v) is 13.1. The molecule has 188 valence electrons. The molecule has 0 aliphatic heterocycles. The number of ether oxygens (including phenoxy) is 2. The highest BCUT2D eigenvalue weighted by Crippen LogP contribution is 2.44. The standard InChI is InChI=1S/C24H28N2O8S/c1-35(31,32)13-10-21(23(29)25-11-12-33-15-22(27)28)26-24(30)34-14-20-18-8-4-2-6-16(18)17-7-3-5-9-19(17)20/h2-9,20-21H,10-15H2,1H3,(H,25,29)(H,26,30)(H,27,28). The Balaban J connectivity index is 1.60. The number of fused-ring (bicyclic) bond motifs is 3. The lowest BCUT2D eigenvalue weighted by Crippen LogP contribution is -2.48. The molecule has 3 rings (SSSR count). The minimum Gasteiger partial charge on any atom is -0.480 e. The summed E-state index contributed by atoms with van der Waals surface area (Å²) in [4.78, 5) is 35.6. The van der Waals surface area contributed by atoms with E-state index in [4.69, 9.17) is 14.6 Å². The maximum Gasteiger partial charge on any atom is 0.407 e. The largest absolute Gasteiger partial charge is 0.480 e. The number of alkyl carbamates (subject to hydrolysis) is 1. The zero-order chi connectivity index (χ0) is 25.4. The van der Waals surface area contributed by atoms with Crippen LogP contribution in [0.4, 0.5) is 4.79 Å². The van der Waals surface area contributed by atoms with E-state index in [0.29, 0.717) is 0 Å². The predicted octanol–water partition coefficient (Wildman–Crippen LogP) is 1.55. The van der Waals surface area contributed by atoms with Crippen LogP contribution in [0.25, 0.3) is 11.1 Å². The van der Waals surface area contributed by atoms with Crippen LogP contribution in [-0.2, 0) is 28.9 Å². The van der Waals surface area contributed by atoms with Crippen molar-refractivity contribution in [1.82, 2.24) is 10.6 Å². The third-order valence-electron chi connectivity index (χ3n) is 5.50. The number of hydrogen-bond acceptors (Lipinski definition) is 7. The Hall–Kier alpha value is -3.44. The number of benzene rings is 2. The van der Waals surface area contributed by atoms with Crippen molar-refractivity contribution in [3.8, 4) is 11.1 Å². The van der Waals surface area contributed by atoms with Crippen molar-refractivity contribution in [3.63, 3.8) is 0 Å². The Morgan fingerprint density at radius 2 is 1.63 bits per heavy atom. The second-order valence-electron chi connectivity index (χ2n) is 8.18. The van der Waals surface area contributed by atoms with Crippen LogP contribution in [0.5, 0.6) is 0 Å². The fourth-order valence-corrected chi connectivity index (χ4v) is 4.58. The second-order valence-corrected chi connectivity index (χ2v) is 10.4. The molecular formula is C24H28N2O8S. The highest BCUT2D eigenvalue weighted by Gasteiger charge is 2.30. The first kappa shape index (κ1) is 26.2. The van der Waals surface area contributed by atoms with E-state index >= 15 is 0 Å². The fraction of sp³-hybridized carbons (Fsp3) is 0.375. The molecule has 35 heavy (non-hydrogen) atoms. The van der Waals surface area contributed by atoms with Gasteiger partial charge < -0.3 is 25.2 Å². The molecule has 2 aromatic rings. The lowest BCUT2D eigenvalue weighted by molar-refractivity contribution is -0.142. The number of amides is 2.